The number of rotatable bonds is 4. The van der Waals surface area contributed by atoms with Crippen molar-refractivity contribution >= 4 is 0 Å². The minimum Gasteiger partial charge on any atom is -0.496 e. The van der Waals surface area contributed by atoms with Crippen LogP contribution >= 0.6 is 0 Å². The molecule has 0 spiro atoms. The lowest BCUT2D eigenvalue weighted by atomic mass is 9.89. The molecule has 1 aliphatic heterocycles. The maximum Gasteiger partial charge on any atom is 0.122 e. The van der Waals surface area contributed by atoms with Crippen molar-refractivity contribution in [3.63, 3.8) is 0 Å². The molecule has 3 nitrogen and oxygen atoms in total. The quantitative estimate of drug-likeness (QED) is 0.890. The molecule has 0 radical (unpaired) electrons. The molecule has 1 fully saturated rings. The van der Waals surface area contributed by atoms with Crippen LogP contribution in [0.4, 0.5) is 0 Å². The van der Waals surface area contributed by atoms with Gasteiger partial charge in [-0.25, -0.2) is 0 Å². The largest absolute Gasteiger partial charge is 0.496 e. The van der Waals surface area contributed by atoms with E-state index in [2.05, 4.69) is 24.4 Å². The molecule has 1 aliphatic rings. The first-order valence-electron chi connectivity index (χ1n) is 6.75. The van der Waals surface area contributed by atoms with Gasteiger partial charge in [0.1, 0.15) is 11.5 Å². The van der Waals surface area contributed by atoms with Gasteiger partial charge in [-0.1, -0.05) is 6.92 Å². The van der Waals surface area contributed by atoms with Crippen LogP contribution in [-0.4, -0.2) is 27.3 Å². The predicted octanol–water partition coefficient (Wildman–Crippen LogP) is 2.73. The molecule has 100 valence electrons. The van der Waals surface area contributed by atoms with Gasteiger partial charge in [0.25, 0.3) is 0 Å². The summed E-state index contributed by atoms with van der Waals surface area (Å²) in [7, 11) is 3.49. The summed E-state index contributed by atoms with van der Waals surface area (Å²) in [5, 5.41) is 3.45. The van der Waals surface area contributed by atoms with Crippen LogP contribution < -0.4 is 14.8 Å². The lowest BCUT2D eigenvalue weighted by Crippen LogP contribution is -2.28. The average Bonchev–Trinajstić information content (AvgIpc) is 2.46. The van der Waals surface area contributed by atoms with Crippen LogP contribution in [0.2, 0.25) is 0 Å². The smallest absolute Gasteiger partial charge is 0.122 e. The second kappa shape index (κ2) is 6.10. The molecule has 0 aliphatic carbocycles. The summed E-state index contributed by atoms with van der Waals surface area (Å²) in [4.78, 5) is 0. The first kappa shape index (κ1) is 13.2. The Kier molecular flexibility index (Phi) is 4.48. The molecule has 0 aromatic heterocycles. The first-order valence-corrected chi connectivity index (χ1v) is 6.75. The average molecular weight is 249 g/mol. The summed E-state index contributed by atoms with van der Waals surface area (Å²) in [5.74, 6) is 2.52. The molecular weight excluding hydrogens is 226 g/mol. The van der Waals surface area contributed by atoms with E-state index in [9.17, 15) is 0 Å². The van der Waals surface area contributed by atoms with Crippen LogP contribution in [-0.2, 0) is 6.42 Å². The SMILES string of the molecule is CCc1cc(OC)c([C@@H]2CCCNC2)cc1OC. The van der Waals surface area contributed by atoms with Gasteiger partial charge in [0.15, 0.2) is 0 Å². The van der Waals surface area contributed by atoms with E-state index >= 15 is 0 Å². The molecular formula is C15H23NO2. The number of aryl methyl sites for hydroxylation is 1. The van der Waals surface area contributed by atoms with Crippen LogP contribution in [0, 0.1) is 0 Å². The van der Waals surface area contributed by atoms with E-state index in [1.165, 1.54) is 24.0 Å². The zero-order chi connectivity index (χ0) is 13.0. The van der Waals surface area contributed by atoms with E-state index < -0.39 is 0 Å². The van der Waals surface area contributed by atoms with E-state index in [-0.39, 0.29) is 0 Å². The fraction of sp³-hybridized carbons (Fsp3) is 0.600. The second-order valence-corrected chi connectivity index (χ2v) is 4.80. The van der Waals surface area contributed by atoms with Gasteiger partial charge in [0, 0.05) is 18.0 Å². The highest BCUT2D eigenvalue weighted by Crippen LogP contribution is 2.36. The highest BCUT2D eigenvalue weighted by atomic mass is 16.5. The molecule has 1 saturated heterocycles. The fourth-order valence-electron chi connectivity index (χ4n) is 2.70. The predicted molar refractivity (Wildman–Crippen MR) is 73.8 cm³/mol. The molecule has 1 atom stereocenters. The minimum atomic E-state index is 0.536. The van der Waals surface area contributed by atoms with Gasteiger partial charge in [0.05, 0.1) is 14.2 Å². The highest BCUT2D eigenvalue weighted by molar-refractivity contribution is 5.48. The van der Waals surface area contributed by atoms with Gasteiger partial charge in [-0.3, -0.25) is 0 Å². The van der Waals surface area contributed by atoms with Crippen molar-refractivity contribution in [2.75, 3.05) is 27.3 Å². The number of benzene rings is 1. The molecule has 1 aromatic rings. The normalized spacial score (nSPS) is 19.6. The van der Waals surface area contributed by atoms with Crippen molar-refractivity contribution in [2.45, 2.75) is 32.1 Å². The van der Waals surface area contributed by atoms with Gasteiger partial charge in [-0.05, 0) is 43.5 Å². The zero-order valence-electron chi connectivity index (χ0n) is 11.6. The monoisotopic (exact) mass is 249 g/mol. The van der Waals surface area contributed by atoms with Crippen molar-refractivity contribution < 1.29 is 9.47 Å². The van der Waals surface area contributed by atoms with Crippen LogP contribution in [0.5, 0.6) is 11.5 Å². The molecule has 0 bridgehead atoms. The van der Waals surface area contributed by atoms with Crippen molar-refractivity contribution in [2.24, 2.45) is 0 Å². The molecule has 0 unspecified atom stereocenters. The Labute approximate surface area is 109 Å². The number of nitrogens with one attached hydrogen (secondary N) is 1. The fourth-order valence-corrected chi connectivity index (χ4v) is 2.70. The van der Waals surface area contributed by atoms with Crippen LogP contribution in [0.1, 0.15) is 36.8 Å². The number of hydrogen-bond acceptors (Lipinski definition) is 3. The molecule has 2 rings (SSSR count). The maximum absolute atomic E-state index is 5.56. The summed E-state index contributed by atoms with van der Waals surface area (Å²) in [6.07, 6.45) is 3.41. The molecule has 0 saturated carbocycles. The molecule has 0 amide bonds. The summed E-state index contributed by atoms with van der Waals surface area (Å²) < 4.78 is 11.0. The lowest BCUT2D eigenvalue weighted by molar-refractivity contribution is 0.381. The zero-order valence-corrected chi connectivity index (χ0v) is 11.6. The third kappa shape index (κ3) is 2.61. The second-order valence-electron chi connectivity index (χ2n) is 4.80. The van der Waals surface area contributed by atoms with Crippen molar-refractivity contribution in [1.29, 1.82) is 0 Å². The number of hydrogen-bond donors (Lipinski definition) is 1. The Morgan fingerprint density at radius 3 is 2.56 bits per heavy atom. The summed E-state index contributed by atoms with van der Waals surface area (Å²) in [5.41, 5.74) is 2.49. The van der Waals surface area contributed by atoms with Crippen LogP contribution in [0.15, 0.2) is 12.1 Å². The standard InChI is InChI=1S/C15H23NO2/c1-4-11-8-15(18-3)13(9-14(11)17-2)12-6-5-7-16-10-12/h8-9,12,16H,4-7,10H2,1-3H3/t12-/m1/s1. The van der Waals surface area contributed by atoms with E-state index in [0.717, 1.165) is 31.0 Å². The Morgan fingerprint density at radius 2 is 2.00 bits per heavy atom. The Morgan fingerprint density at radius 1 is 1.22 bits per heavy atom. The molecule has 3 heteroatoms. The highest BCUT2D eigenvalue weighted by Gasteiger charge is 2.20. The molecule has 18 heavy (non-hydrogen) atoms. The topological polar surface area (TPSA) is 30.5 Å². The minimum absolute atomic E-state index is 0.536. The van der Waals surface area contributed by atoms with Crippen LogP contribution in [0.25, 0.3) is 0 Å². The molecule has 1 heterocycles. The first-order chi connectivity index (χ1) is 8.80. The summed E-state index contributed by atoms with van der Waals surface area (Å²) in [6, 6.07) is 4.29. The lowest BCUT2D eigenvalue weighted by Gasteiger charge is -2.25. The van der Waals surface area contributed by atoms with Gasteiger partial charge >= 0.3 is 0 Å². The van der Waals surface area contributed by atoms with E-state index in [0.29, 0.717) is 5.92 Å². The molecule has 1 N–H and O–H groups in total. The summed E-state index contributed by atoms with van der Waals surface area (Å²) in [6.45, 7) is 4.30. The maximum atomic E-state index is 5.56. The van der Waals surface area contributed by atoms with E-state index in [1.54, 1.807) is 14.2 Å². The Bertz CT molecular complexity index is 398. The van der Waals surface area contributed by atoms with E-state index in [1.807, 2.05) is 0 Å². The number of methoxy groups -OCH3 is 2. The van der Waals surface area contributed by atoms with Crippen LogP contribution in [0.3, 0.4) is 0 Å². The Balaban J connectivity index is 2.37. The molecule has 1 aromatic carbocycles. The van der Waals surface area contributed by atoms with Gasteiger partial charge in [-0.2, -0.15) is 0 Å². The van der Waals surface area contributed by atoms with Crippen molar-refractivity contribution in [3.05, 3.63) is 23.3 Å². The number of piperidine rings is 1. The van der Waals surface area contributed by atoms with Gasteiger partial charge < -0.3 is 14.8 Å². The third-order valence-electron chi connectivity index (χ3n) is 3.75. The van der Waals surface area contributed by atoms with Gasteiger partial charge in [0.2, 0.25) is 0 Å². The van der Waals surface area contributed by atoms with Crippen molar-refractivity contribution in [1.82, 2.24) is 5.32 Å². The Hall–Kier alpha value is -1.22. The number of ether oxygens (including phenoxy) is 2. The van der Waals surface area contributed by atoms with E-state index in [4.69, 9.17) is 9.47 Å². The van der Waals surface area contributed by atoms with Crippen molar-refractivity contribution in [3.8, 4) is 11.5 Å². The summed E-state index contributed by atoms with van der Waals surface area (Å²) >= 11 is 0. The van der Waals surface area contributed by atoms with Gasteiger partial charge in [-0.15, -0.1) is 0 Å². The third-order valence-corrected chi connectivity index (χ3v) is 3.75.